The standard InChI is InChI=1S/C9H13N3OS/c1-7-4-5-10-9(11-7)14-6-8(13)12(2)3/h4-5H,6H2,1-3H3. The molecule has 0 fully saturated rings. The maximum absolute atomic E-state index is 11.3. The number of nitrogens with zero attached hydrogens (tertiary/aromatic N) is 3. The minimum atomic E-state index is 0.0695. The maximum atomic E-state index is 11.3. The van der Waals surface area contributed by atoms with Crippen LogP contribution in [0.2, 0.25) is 0 Å². The Balaban J connectivity index is 2.50. The highest BCUT2D eigenvalue weighted by atomic mass is 32.2. The van der Waals surface area contributed by atoms with Crippen LogP contribution in [0.25, 0.3) is 0 Å². The monoisotopic (exact) mass is 211 g/mol. The predicted octanol–water partition coefficient (Wildman–Crippen LogP) is 0.965. The number of rotatable bonds is 3. The van der Waals surface area contributed by atoms with Crippen LogP contribution in [0, 0.1) is 6.92 Å². The van der Waals surface area contributed by atoms with Gasteiger partial charge in [-0.1, -0.05) is 11.8 Å². The van der Waals surface area contributed by atoms with Crippen LogP contribution in [0.1, 0.15) is 5.69 Å². The topological polar surface area (TPSA) is 46.1 Å². The summed E-state index contributed by atoms with van der Waals surface area (Å²) in [6.45, 7) is 1.90. The molecule has 0 unspecified atom stereocenters. The van der Waals surface area contributed by atoms with Gasteiger partial charge in [0.15, 0.2) is 5.16 Å². The van der Waals surface area contributed by atoms with Gasteiger partial charge in [0.2, 0.25) is 5.91 Å². The van der Waals surface area contributed by atoms with Crippen LogP contribution in [-0.2, 0) is 4.79 Å². The quantitative estimate of drug-likeness (QED) is 0.552. The Hall–Kier alpha value is -1.10. The summed E-state index contributed by atoms with van der Waals surface area (Å²) >= 11 is 1.36. The summed E-state index contributed by atoms with van der Waals surface area (Å²) in [6, 6.07) is 1.83. The molecule has 1 amide bonds. The molecular weight excluding hydrogens is 198 g/mol. The average molecular weight is 211 g/mol. The van der Waals surface area contributed by atoms with Gasteiger partial charge in [-0.25, -0.2) is 9.97 Å². The number of thioether (sulfide) groups is 1. The van der Waals surface area contributed by atoms with Crippen molar-refractivity contribution >= 4 is 17.7 Å². The van der Waals surface area contributed by atoms with E-state index in [1.54, 1.807) is 25.2 Å². The van der Waals surface area contributed by atoms with Crippen LogP contribution in [0.3, 0.4) is 0 Å². The number of amides is 1. The largest absolute Gasteiger partial charge is 0.348 e. The third kappa shape index (κ3) is 3.33. The lowest BCUT2D eigenvalue weighted by atomic mass is 10.5. The Morgan fingerprint density at radius 2 is 2.29 bits per heavy atom. The number of aryl methyl sites for hydroxylation is 1. The van der Waals surface area contributed by atoms with Gasteiger partial charge in [-0.3, -0.25) is 4.79 Å². The highest BCUT2D eigenvalue weighted by molar-refractivity contribution is 7.99. The summed E-state index contributed by atoms with van der Waals surface area (Å²) < 4.78 is 0. The summed E-state index contributed by atoms with van der Waals surface area (Å²) in [4.78, 5) is 21.0. The van der Waals surface area contributed by atoms with Crippen molar-refractivity contribution in [2.24, 2.45) is 0 Å². The Kier molecular flexibility index (Phi) is 3.88. The summed E-state index contributed by atoms with van der Waals surface area (Å²) in [5.41, 5.74) is 0.916. The second-order valence-corrected chi connectivity index (χ2v) is 4.00. The lowest BCUT2D eigenvalue weighted by molar-refractivity contribution is -0.125. The van der Waals surface area contributed by atoms with Crippen molar-refractivity contribution in [1.29, 1.82) is 0 Å². The second-order valence-electron chi connectivity index (χ2n) is 3.06. The molecular formula is C9H13N3OS. The molecule has 0 aliphatic heterocycles. The molecule has 14 heavy (non-hydrogen) atoms. The number of hydrogen-bond donors (Lipinski definition) is 0. The van der Waals surface area contributed by atoms with E-state index in [-0.39, 0.29) is 5.91 Å². The molecule has 0 atom stereocenters. The molecule has 0 N–H and O–H groups in total. The van der Waals surface area contributed by atoms with E-state index in [0.29, 0.717) is 10.9 Å². The fourth-order valence-electron chi connectivity index (χ4n) is 0.751. The number of hydrogen-bond acceptors (Lipinski definition) is 4. The van der Waals surface area contributed by atoms with Crippen LogP contribution in [-0.4, -0.2) is 40.6 Å². The molecule has 5 heteroatoms. The zero-order valence-electron chi connectivity index (χ0n) is 8.52. The average Bonchev–Trinajstić information content (AvgIpc) is 2.14. The van der Waals surface area contributed by atoms with Crippen LogP contribution < -0.4 is 0 Å². The highest BCUT2D eigenvalue weighted by Crippen LogP contribution is 2.12. The summed E-state index contributed by atoms with van der Waals surface area (Å²) in [5, 5.41) is 0.653. The molecule has 1 aromatic rings. The smallest absolute Gasteiger partial charge is 0.232 e. The van der Waals surface area contributed by atoms with Crippen LogP contribution in [0.15, 0.2) is 17.4 Å². The third-order valence-electron chi connectivity index (χ3n) is 1.60. The molecule has 4 nitrogen and oxygen atoms in total. The van der Waals surface area contributed by atoms with Gasteiger partial charge in [-0.15, -0.1) is 0 Å². The molecule has 0 bridgehead atoms. The molecule has 0 spiro atoms. The molecule has 1 heterocycles. The summed E-state index contributed by atoms with van der Waals surface area (Å²) in [7, 11) is 3.47. The Bertz CT molecular complexity index is 328. The van der Waals surface area contributed by atoms with Gasteiger partial charge in [0.25, 0.3) is 0 Å². The zero-order valence-corrected chi connectivity index (χ0v) is 9.34. The number of carbonyl (C=O) groups is 1. The number of aromatic nitrogens is 2. The van der Waals surface area contributed by atoms with E-state index in [4.69, 9.17) is 0 Å². The molecule has 1 aromatic heterocycles. The first-order valence-electron chi connectivity index (χ1n) is 4.22. The maximum Gasteiger partial charge on any atom is 0.232 e. The second kappa shape index (κ2) is 4.95. The van der Waals surface area contributed by atoms with Crippen molar-refractivity contribution < 1.29 is 4.79 Å². The molecule has 76 valence electrons. The first-order valence-corrected chi connectivity index (χ1v) is 5.21. The fourth-order valence-corrected chi connectivity index (χ4v) is 1.61. The number of carbonyl (C=O) groups excluding carboxylic acids is 1. The minimum absolute atomic E-state index is 0.0695. The lowest BCUT2D eigenvalue weighted by Crippen LogP contribution is -2.23. The van der Waals surface area contributed by atoms with Crippen molar-refractivity contribution in [3.8, 4) is 0 Å². The van der Waals surface area contributed by atoms with E-state index in [9.17, 15) is 4.79 Å². The van der Waals surface area contributed by atoms with Gasteiger partial charge in [0.1, 0.15) is 0 Å². The SMILES string of the molecule is Cc1ccnc(SCC(=O)N(C)C)n1. The van der Waals surface area contributed by atoms with Crippen LogP contribution in [0.5, 0.6) is 0 Å². The molecule has 0 aliphatic rings. The molecule has 0 aromatic carbocycles. The van der Waals surface area contributed by atoms with E-state index < -0.39 is 0 Å². The van der Waals surface area contributed by atoms with E-state index in [0.717, 1.165) is 5.69 Å². The van der Waals surface area contributed by atoms with Crippen LogP contribution >= 0.6 is 11.8 Å². The van der Waals surface area contributed by atoms with Gasteiger partial charge in [-0.05, 0) is 13.0 Å². The minimum Gasteiger partial charge on any atom is -0.348 e. The van der Waals surface area contributed by atoms with E-state index >= 15 is 0 Å². The third-order valence-corrected chi connectivity index (χ3v) is 2.44. The summed E-state index contributed by atoms with van der Waals surface area (Å²) in [6.07, 6.45) is 1.70. The summed E-state index contributed by atoms with van der Waals surface area (Å²) in [5.74, 6) is 0.455. The van der Waals surface area contributed by atoms with Gasteiger partial charge in [0, 0.05) is 26.0 Å². The lowest BCUT2D eigenvalue weighted by Gasteiger charge is -2.08. The fraction of sp³-hybridized carbons (Fsp3) is 0.444. The Morgan fingerprint density at radius 1 is 1.57 bits per heavy atom. The van der Waals surface area contributed by atoms with Crippen LogP contribution in [0.4, 0.5) is 0 Å². The van der Waals surface area contributed by atoms with Gasteiger partial charge in [-0.2, -0.15) is 0 Å². The zero-order chi connectivity index (χ0) is 10.6. The van der Waals surface area contributed by atoms with Crippen molar-refractivity contribution in [2.75, 3.05) is 19.8 Å². The first kappa shape index (κ1) is 11.0. The van der Waals surface area contributed by atoms with E-state index in [1.807, 2.05) is 13.0 Å². The van der Waals surface area contributed by atoms with Crippen molar-refractivity contribution in [3.05, 3.63) is 18.0 Å². The van der Waals surface area contributed by atoms with E-state index in [2.05, 4.69) is 9.97 Å². The molecule has 1 rings (SSSR count). The Morgan fingerprint density at radius 3 is 2.86 bits per heavy atom. The predicted molar refractivity (Wildman–Crippen MR) is 56.2 cm³/mol. The van der Waals surface area contributed by atoms with Gasteiger partial charge in [0.05, 0.1) is 5.75 Å². The normalized spacial score (nSPS) is 9.93. The highest BCUT2D eigenvalue weighted by Gasteiger charge is 2.06. The van der Waals surface area contributed by atoms with E-state index in [1.165, 1.54) is 11.8 Å². The van der Waals surface area contributed by atoms with Gasteiger partial charge >= 0.3 is 0 Å². The Labute approximate surface area is 87.7 Å². The molecule has 0 radical (unpaired) electrons. The first-order chi connectivity index (χ1) is 6.59. The molecule has 0 aliphatic carbocycles. The molecule has 0 saturated carbocycles. The van der Waals surface area contributed by atoms with Crippen molar-refractivity contribution in [1.82, 2.24) is 14.9 Å². The van der Waals surface area contributed by atoms with Gasteiger partial charge < -0.3 is 4.90 Å². The molecule has 0 saturated heterocycles. The van der Waals surface area contributed by atoms with Crippen molar-refractivity contribution in [2.45, 2.75) is 12.1 Å². The van der Waals surface area contributed by atoms with Crippen molar-refractivity contribution in [3.63, 3.8) is 0 Å².